The number of aromatic nitrogens is 3. The van der Waals surface area contributed by atoms with Crippen LogP contribution in [-0.4, -0.2) is 45.7 Å². The van der Waals surface area contributed by atoms with Crippen molar-refractivity contribution in [3.63, 3.8) is 0 Å². The number of piperidine rings is 2. The summed E-state index contributed by atoms with van der Waals surface area (Å²) in [5.74, 6) is 0.873. The molecule has 1 unspecified atom stereocenters. The molecule has 0 aromatic carbocycles. The fourth-order valence-electron chi connectivity index (χ4n) is 3.90. The van der Waals surface area contributed by atoms with Gasteiger partial charge >= 0.3 is 0 Å². The zero-order valence-corrected chi connectivity index (χ0v) is 14.1. The van der Waals surface area contributed by atoms with Gasteiger partial charge in [-0.05, 0) is 38.2 Å². The Morgan fingerprint density at radius 2 is 1.62 bits per heavy atom. The van der Waals surface area contributed by atoms with Crippen molar-refractivity contribution in [3.8, 4) is 11.1 Å². The summed E-state index contributed by atoms with van der Waals surface area (Å²) in [7, 11) is 0. The molecule has 2 aliphatic heterocycles. The number of rotatable bonds is 3. The van der Waals surface area contributed by atoms with Crippen molar-refractivity contribution < 1.29 is 0 Å². The summed E-state index contributed by atoms with van der Waals surface area (Å²) in [6.07, 6.45) is 15.8. The molecule has 0 spiro atoms. The molecule has 0 amide bonds. The maximum absolute atomic E-state index is 4.68. The highest BCUT2D eigenvalue weighted by molar-refractivity contribution is 5.60. The Morgan fingerprint density at radius 3 is 2.38 bits per heavy atom. The highest BCUT2D eigenvalue weighted by atomic mass is 15.4. The van der Waals surface area contributed by atoms with Gasteiger partial charge < -0.3 is 4.90 Å². The van der Waals surface area contributed by atoms with Crippen molar-refractivity contribution in [1.29, 1.82) is 0 Å². The monoisotopic (exact) mass is 323 g/mol. The Morgan fingerprint density at radius 1 is 0.833 bits per heavy atom. The van der Waals surface area contributed by atoms with Crippen molar-refractivity contribution in [2.24, 2.45) is 0 Å². The lowest BCUT2D eigenvalue weighted by Crippen LogP contribution is -2.53. The van der Waals surface area contributed by atoms with E-state index in [1.807, 2.05) is 30.7 Å². The van der Waals surface area contributed by atoms with Crippen LogP contribution in [0.3, 0.4) is 0 Å². The summed E-state index contributed by atoms with van der Waals surface area (Å²) < 4.78 is 0. The van der Waals surface area contributed by atoms with Crippen LogP contribution in [0.5, 0.6) is 0 Å². The standard InChI is InChI=1S/C19H25N5/c1-3-10-23(11-4-1)18-8-2-5-12-24(18)19-21-14-17(15-22-19)16-7-6-9-20-13-16/h6-7,9,13-15,18H,1-5,8,10-12H2. The Kier molecular flexibility index (Phi) is 4.69. The first-order chi connectivity index (χ1) is 11.9. The van der Waals surface area contributed by atoms with E-state index >= 15 is 0 Å². The topological polar surface area (TPSA) is 45.2 Å². The molecule has 0 aliphatic carbocycles. The fraction of sp³-hybridized carbons (Fsp3) is 0.526. The zero-order chi connectivity index (χ0) is 16.2. The molecule has 0 saturated carbocycles. The molecule has 24 heavy (non-hydrogen) atoms. The smallest absolute Gasteiger partial charge is 0.226 e. The predicted octanol–water partition coefficient (Wildman–Crippen LogP) is 3.34. The van der Waals surface area contributed by atoms with Crippen LogP contribution in [0, 0.1) is 0 Å². The van der Waals surface area contributed by atoms with Gasteiger partial charge in [0.1, 0.15) is 0 Å². The molecule has 0 radical (unpaired) electrons. The molecule has 2 aromatic rings. The van der Waals surface area contributed by atoms with Gasteiger partial charge in [-0.2, -0.15) is 0 Å². The van der Waals surface area contributed by atoms with Crippen LogP contribution in [0.1, 0.15) is 38.5 Å². The first kappa shape index (κ1) is 15.5. The molecular weight excluding hydrogens is 298 g/mol. The van der Waals surface area contributed by atoms with Crippen LogP contribution >= 0.6 is 0 Å². The minimum absolute atomic E-state index is 0.475. The molecule has 4 rings (SSSR count). The minimum Gasteiger partial charge on any atom is -0.325 e. The predicted molar refractivity (Wildman–Crippen MR) is 95.7 cm³/mol. The summed E-state index contributed by atoms with van der Waals surface area (Å²) >= 11 is 0. The maximum atomic E-state index is 4.68. The molecule has 2 saturated heterocycles. The lowest BCUT2D eigenvalue weighted by Gasteiger charge is -2.44. The van der Waals surface area contributed by atoms with E-state index in [0.29, 0.717) is 6.17 Å². The second-order valence-corrected chi connectivity index (χ2v) is 6.78. The largest absolute Gasteiger partial charge is 0.325 e. The maximum Gasteiger partial charge on any atom is 0.226 e. The van der Waals surface area contributed by atoms with Crippen molar-refractivity contribution >= 4 is 5.95 Å². The lowest BCUT2D eigenvalue weighted by atomic mass is 10.0. The lowest BCUT2D eigenvalue weighted by molar-refractivity contribution is 0.136. The minimum atomic E-state index is 0.475. The highest BCUT2D eigenvalue weighted by Crippen LogP contribution is 2.27. The Balaban J connectivity index is 1.54. The van der Waals surface area contributed by atoms with E-state index in [-0.39, 0.29) is 0 Å². The molecular formula is C19H25N5. The van der Waals surface area contributed by atoms with Gasteiger partial charge in [-0.25, -0.2) is 9.97 Å². The van der Waals surface area contributed by atoms with E-state index in [0.717, 1.165) is 23.6 Å². The summed E-state index contributed by atoms with van der Waals surface area (Å²) in [6, 6.07) is 3.99. The third-order valence-corrected chi connectivity index (χ3v) is 5.17. The van der Waals surface area contributed by atoms with Crippen molar-refractivity contribution in [2.75, 3.05) is 24.5 Å². The quantitative estimate of drug-likeness (QED) is 0.867. The molecule has 2 fully saturated rings. The zero-order valence-electron chi connectivity index (χ0n) is 14.1. The van der Waals surface area contributed by atoms with E-state index in [4.69, 9.17) is 0 Å². The molecule has 0 bridgehead atoms. The Labute approximate surface area is 143 Å². The first-order valence-electron chi connectivity index (χ1n) is 9.15. The summed E-state index contributed by atoms with van der Waals surface area (Å²) in [5, 5.41) is 0. The van der Waals surface area contributed by atoms with Gasteiger partial charge in [0, 0.05) is 55.5 Å². The van der Waals surface area contributed by atoms with E-state index < -0.39 is 0 Å². The van der Waals surface area contributed by atoms with Gasteiger partial charge in [-0.3, -0.25) is 9.88 Å². The summed E-state index contributed by atoms with van der Waals surface area (Å²) in [5.41, 5.74) is 2.09. The fourth-order valence-corrected chi connectivity index (χ4v) is 3.90. The second-order valence-electron chi connectivity index (χ2n) is 6.78. The van der Waals surface area contributed by atoms with Crippen LogP contribution in [-0.2, 0) is 0 Å². The molecule has 2 aromatic heterocycles. The molecule has 2 aliphatic rings. The Hall–Kier alpha value is -2.01. The molecule has 0 N–H and O–H groups in total. The van der Waals surface area contributed by atoms with Crippen molar-refractivity contribution in [2.45, 2.75) is 44.7 Å². The average Bonchev–Trinajstić information content (AvgIpc) is 2.69. The summed E-state index contributed by atoms with van der Waals surface area (Å²) in [4.78, 5) is 18.6. The van der Waals surface area contributed by atoms with Crippen LogP contribution in [0.25, 0.3) is 11.1 Å². The molecule has 5 nitrogen and oxygen atoms in total. The van der Waals surface area contributed by atoms with E-state index in [1.54, 1.807) is 6.20 Å². The SMILES string of the molecule is c1cncc(-c2cnc(N3CCCCC3N3CCCCC3)nc2)c1. The van der Waals surface area contributed by atoms with Gasteiger partial charge in [-0.15, -0.1) is 0 Å². The van der Waals surface area contributed by atoms with Crippen LogP contribution in [0.4, 0.5) is 5.95 Å². The molecule has 126 valence electrons. The average molecular weight is 323 g/mol. The first-order valence-corrected chi connectivity index (χ1v) is 9.15. The van der Waals surface area contributed by atoms with Crippen LogP contribution < -0.4 is 4.90 Å². The van der Waals surface area contributed by atoms with E-state index in [1.165, 1.54) is 51.6 Å². The van der Waals surface area contributed by atoms with Gasteiger partial charge in [0.2, 0.25) is 5.95 Å². The number of pyridine rings is 1. The second kappa shape index (κ2) is 7.26. The molecule has 1 atom stereocenters. The highest BCUT2D eigenvalue weighted by Gasteiger charge is 2.30. The number of likely N-dealkylation sites (tertiary alicyclic amines) is 1. The van der Waals surface area contributed by atoms with Crippen LogP contribution in [0.15, 0.2) is 36.9 Å². The summed E-state index contributed by atoms with van der Waals surface area (Å²) in [6.45, 7) is 3.50. The van der Waals surface area contributed by atoms with Gasteiger partial charge in [0.25, 0.3) is 0 Å². The Bertz CT molecular complexity index is 637. The normalized spacial score (nSPS) is 22.5. The third kappa shape index (κ3) is 3.26. The number of nitrogens with zero attached hydrogens (tertiary/aromatic N) is 5. The van der Waals surface area contributed by atoms with Gasteiger partial charge in [0.05, 0.1) is 6.17 Å². The molecule has 4 heterocycles. The van der Waals surface area contributed by atoms with Gasteiger partial charge in [0.15, 0.2) is 0 Å². The number of anilines is 1. The molecule has 5 heteroatoms. The van der Waals surface area contributed by atoms with E-state index in [2.05, 4.69) is 24.8 Å². The van der Waals surface area contributed by atoms with Crippen LogP contribution in [0.2, 0.25) is 0 Å². The van der Waals surface area contributed by atoms with Gasteiger partial charge in [-0.1, -0.05) is 12.5 Å². The third-order valence-electron chi connectivity index (χ3n) is 5.17. The van der Waals surface area contributed by atoms with E-state index in [9.17, 15) is 0 Å². The number of hydrogen-bond acceptors (Lipinski definition) is 5. The van der Waals surface area contributed by atoms with Crippen molar-refractivity contribution in [3.05, 3.63) is 36.9 Å². The van der Waals surface area contributed by atoms with Crippen molar-refractivity contribution in [1.82, 2.24) is 19.9 Å². The number of hydrogen-bond donors (Lipinski definition) is 0.